The minimum atomic E-state index is -0.845. The molecule has 0 fully saturated rings. The molecule has 0 bridgehead atoms. The van der Waals surface area contributed by atoms with E-state index in [4.69, 9.17) is 0 Å². The van der Waals surface area contributed by atoms with Crippen LogP contribution in [-0.4, -0.2) is 29.7 Å². The van der Waals surface area contributed by atoms with Crippen molar-refractivity contribution in [3.8, 4) is 0 Å². The normalized spacial score (nSPS) is 10.4. The zero-order valence-electron chi connectivity index (χ0n) is 13.0. The van der Waals surface area contributed by atoms with Gasteiger partial charge in [-0.2, -0.15) is 0 Å². The lowest BCUT2D eigenvalue weighted by atomic mass is 10.2. The van der Waals surface area contributed by atoms with E-state index >= 15 is 0 Å². The molecule has 1 aromatic carbocycles. The van der Waals surface area contributed by atoms with E-state index < -0.39 is 23.2 Å². The molecule has 0 aliphatic heterocycles. The first-order valence-corrected chi connectivity index (χ1v) is 7.33. The van der Waals surface area contributed by atoms with Crippen LogP contribution in [0.2, 0.25) is 0 Å². The number of nitrogens with one attached hydrogen (secondary N) is 1. The maximum atomic E-state index is 13.5. The van der Waals surface area contributed by atoms with Crippen LogP contribution in [0.3, 0.4) is 0 Å². The number of anilines is 2. The molecule has 0 aliphatic carbocycles. The molecular weight excluding hydrogens is 302 g/mol. The van der Waals surface area contributed by atoms with Crippen LogP contribution in [0.1, 0.15) is 30.3 Å². The van der Waals surface area contributed by atoms with Crippen LogP contribution in [0.15, 0.2) is 30.3 Å². The number of halogens is 2. The largest absolute Gasteiger partial charge is 0.358 e. The smallest absolute Gasteiger partial charge is 0.276 e. The zero-order chi connectivity index (χ0) is 16.8. The molecule has 1 N–H and O–H groups in total. The number of rotatable bonds is 6. The Bertz CT molecular complexity index is 656. The minimum absolute atomic E-state index is 0.0136. The van der Waals surface area contributed by atoms with Gasteiger partial charge in [0.25, 0.3) is 5.91 Å². The Morgan fingerprint density at radius 3 is 2.43 bits per heavy atom. The molecule has 0 spiro atoms. The van der Waals surface area contributed by atoms with Crippen molar-refractivity contribution >= 4 is 17.4 Å². The summed E-state index contributed by atoms with van der Waals surface area (Å²) in [7, 11) is 1.88. The maximum absolute atomic E-state index is 13.5. The molecule has 0 aliphatic rings. The molecule has 2 aromatic rings. The Labute approximate surface area is 133 Å². The van der Waals surface area contributed by atoms with E-state index in [1.165, 1.54) is 12.1 Å². The summed E-state index contributed by atoms with van der Waals surface area (Å²) in [5.74, 6) is -1.78. The van der Waals surface area contributed by atoms with Gasteiger partial charge >= 0.3 is 0 Å². The number of nitrogens with zero attached hydrogens (tertiary/aromatic N) is 3. The number of unbranched alkanes of at least 4 members (excludes halogenated alkanes) is 1. The fraction of sp³-hybridized carbons (Fsp3) is 0.312. The van der Waals surface area contributed by atoms with E-state index in [9.17, 15) is 13.6 Å². The number of para-hydroxylation sites is 1. The van der Waals surface area contributed by atoms with Crippen LogP contribution in [0.25, 0.3) is 0 Å². The molecule has 1 amide bonds. The molecule has 1 heterocycles. The first-order chi connectivity index (χ1) is 11.0. The Balaban J connectivity index is 2.08. The lowest BCUT2D eigenvalue weighted by molar-refractivity contribution is 0.102. The zero-order valence-corrected chi connectivity index (χ0v) is 13.0. The first-order valence-electron chi connectivity index (χ1n) is 7.33. The lowest BCUT2D eigenvalue weighted by Crippen LogP contribution is -2.21. The molecule has 0 saturated carbocycles. The second-order valence-corrected chi connectivity index (χ2v) is 5.10. The van der Waals surface area contributed by atoms with Crippen molar-refractivity contribution < 1.29 is 13.6 Å². The summed E-state index contributed by atoms with van der Waals surface area (Å²) in [6, 6.07) is 6.47. The van der Waals surface area contributed by atoms with Crippen LogP contribution in [-0.2, 0) is 0 Å². The monoisotopic (exact) mass is 320 g/mol. The Kier molecular flexibility index (Phi) is 5.56. The van der Waals surface area contributed by atoms with Gasteiger partial charge < -0.3 is 10.2 Å². The van der Waals surface area contributed by atoms with Crippen LogP contribution in [0, 0.1) is 11.6 Å². The average molecular weight is 320 g/mol. The van der Waals surface area contributed by atoms with Crippen molar-refractivity contribution in [1.82, 2.24) is 10.2 Å². The summed E-state index contributed by atoms with van der Waals surface area (Å²) in [5.41, 5.74) is -0.510. The number of hydrogen-bond acceptors (Lipinski definition) is 4. The first kappa shape index (κ1) is 16.8. The maximum Gasteiger partial charge on any atom is 0.276 e. The fourth-order valence-corrected chi connectivity index (χ4v) is 1.95. The van der Waals surface area contributed by atoms with Crippen molar-refractivity contribution in [3.05, 3.63) is 47.7 Å². The van der Waals surface area contributed by atoms with Gasteiger partial charge in [-0.05, 0) is 30.7 Å². The molecule has 122 valence electrons. The summed E-state index contributed by atoms with van der Waals surface area (Å²) in [5, 5.41) is 9.95. The quantitative estimate of drug-likeness (QED) is 0.888. The van der Waals surface area contributed by atoms with Gasteiger partial charge in [0.1, 0.15) is 17.3 Å². The van der Waals surface area contributed by atoms with Crippen LogP contribution < -0.4 is 10.2 Å². The van der Waals surface area contributed by atoms with E-state index in [1.54, 1.807) is 6.07 Å². The third-order valence-corrected chi connectivity index (χ3v) is 3.32. The number of amides is 1. The summed E-state index contributed by atoms with van der Waals surface area (Å²) in [6.07, 6.45) is 2.08. The average Bonchev–Trinajstić information content (AvgIpc) is 2.56. The van der Waals surface area contributed by atoms with Gasteiger partial charge in [0.05, 0.1) is 0 Å². The second-order valence-electron chi connectivity index (χ2n) is 5.10. The van der Waals surface area contributed by atoms with Crippen molar-refractivity contribution in [3.63, 3.8) is 0 Å². The topological polar surface area (TPSA) is 58.1 Å². The van der Waals surface area contributed by atoms with E-state index in [1.807, 2.05) is 11.9 Å². The fourth-order valence-electron chi connectivity index (χ4n) is 1.95. The standard InChI is InChI=1S/C16H18F2N4O/c1-3-4-10-22(2)14-9-8-13(20-21-14)16(23)19-15-11(17)6-5-7-12(15)18/h5-9H,3-4,10H2,1-2H3,(H,19,23). The van der Waals surface area contributed by atoms with E-state index in [-0.39, 0.29) is 5.69 Å². The van der Waals surface area contributed by atoms with Gasteiger partial charge in [0.15, 0.2) is 11.5 Å². The summed E-state index contributed by atoms with van der Waals surface area (Å²) in [6.45, 7) is 2.92. The minimum Gasteiger partial charge on any atom is -0.358 e. The molecule has 2 rings (SSSR count). The van der Waals surface area contributed by atoms with Crippen molar-refractivity contribution in [1.29, 1.82) is 0 Å². The van der Waals surface area contributed by atoms with Gasteiger partial charge in [-0.3, -0.25) is 4.79 Å². The lowest BCUT2D eigenvalue weighted by Gasteiger charge is -2.16. The van der Waals surface area contributed by atoms with Crippen LogP contribution >= 0.6 is 0 Å². The number of hydrogen-bond donors (Lipinski definition) is 1. The van der Waals surface area contributed by atoms with Crippen molar-refractivity contribution in [2.24, 2.45) is 0 Å². The van der Waals surface area contributed by atoms with E-state index in [0.29, 0.717) is 5.82 Å². The van der Waals surface area contributed by atoms with Gasteiger partial charge in [0, 0.05) is 13.6 Å². The van der Waals surface area contributed by atoms with Gasteiger partial charge in [-0.25, -0.2) is 8.78 Å². The van der Waals surface area contributed by atoms with Gasteiger partial charge in [0.2, 0.25) is 0 Å². The Hall–Kier alpha value is -2.57. The highest BCUT2D eigenvalue weighted by atomic mass is 19.1. The number of carbonyl (C=O) groups excluding carboxylic acids is 1. The predicted octanol–water partition coefficient (Wildman–Crippen LogP) is 3.24. The Morgan fingerprint density at radius 2 is 1.87 bits per heavy atom. The molecule has 1 aromatic heterocycles. The summed E-state index contributed by atoms with van der Waals surface area (Å²) >= 11 is 0. The summed E-state index contributed by atoms with van der Waals surface area (Å²) in [4.78, 5) is 13.9. The van der Waals surface area contributed by atoms with Crippen LogP contribution in [0.5, 0.6) is 0 Å². The van der Waals surface area contributed by atoms with Crippen LogP contribution in [0.4, 0.5) is 20.3 Å². The molecule has 0 radical (unpaired) electrons. The third-order valence-electron chi connectivity index (χ3n) is 3.32. The molecule has 5 nitrogen and oxygen atoms in total. The molecule has 0 saturated heterocycles. The number of benzene rings is 1. The second kappa shape index (κ2) is 7.62. The van der Waals surface area contributed by atoms with Gasteiger partial charge in [-0.15, -0.1) is 10.2 Å². The summed E-state index contributed by atoms with van der Waals surface area (Å²) < 4.78 is 27.0. The third kappa shape index (κ3) is 4.21. The van der Waals surface area contributed by atoms with Crippen molar-refractivity contribution in [2.45, 2.75) is 19.8 Å². The highest BCUT2D eigenvalue weighted by Gasteiger charge is 2.15. The highest BCUT2D eigenvalue weighted by Crippen LogP contribution is 2.18. The van der Waals surface area contributed by atoms with Gasteiger partial charge in [-0.1, -0.05) is 19.4 Å². The van der Waals surface area contributed by atoms with E-state index in [0.717, 1.165) is 31.5 Å². The molecule has 23 heavy (non-hydrogen) atoms. The molecule has 7 heteroatoms. The molecule has 0 unspecified atom stereocenters. The predicted molar refractivity (Wildman–Crippen MR) is 84.5 cm³/mol. The SMILES string of the molecule is CCCCN(C)c1ccc(C(=O)Nc2c(F)cccc2F)nn1. The number of carbonyl (C=O) groups is 1. The number of aromatic nitrogens is 2. The van der Waals surface area contributed by atoms with E-state index in [2.05, 4.69) is 22.4 Å². The highest BCUT2D eigenvalue weighted by molar-refractivity contribution is 6.02. The Morgan fingerprint density at radius 1 is 1.17 bits per heavy atom. The molecule has 0 atom stereocenters. The molecular formula is C16H18F2N4O. The van der Waals surface area contributed by atoms with Crippen molar-refractivity contribution in [2.75, 3.05) is 23.8 Å².